The lowest BCUT2D eigenvalue weighted by atomic mass is 9.99. The van der Waals surface area contributed by atoms with Crippen LogP contribution in [0.3, 0.4) is 0 Å². The lowest BCUT2D eigenvalue weighted by molar-refractivity contribution is -0.119. The minimum atomic E-state index is -0.0564. The molecule has 0 bridgehead atoms. The fraction of sp³-hybridized carbons (Fsp3) is 0.435. The molecule has 2 aromatic carbocycles. The normalized spacial score (nSPS) is 18.3. The first-order valence-electron chi connectivity index (χ1n) is 9.76. The summed E-state index contributed by atoms with van der Waals surface area (Å²) in [7, 11) is 9.47. The Balaban J connectivity index is 1.99. The van der Waals surface area contributed by atoms with Crippen LogP contribution in [0, 0.1) is 0 Å². The van der Waals surface area contributed by atoms with Gasteiger partial charge in [0.15, 0.2) is 23.0 Å². The van der Waals surface area contributed by atoms with Crippen LogP contribution in [-0.4, -0.2) is 48.4 Å². The zero-order valence-corrected chi connectivity index (χ0v) is 19.5. The smallest absolute Gasteiger partial charge is 0.203 e. The van der Waals surface area contributed by atoms with Crippen LogP contribution in [0.1, 0.15) is 34.5 Å². The minimum absolute atomic E-state index is 0.0564. The highest BCUT2D eigenvalue weighted by atomic mass is 32.2. The van der Waals surface area contributed by atoms with E-state index in [9.17, 15) is 4.79 Å². The highest BCUT2D eigenvalue weighted by Crippen LogP contribution is 2.53. The summed E-state index contributed by atoms with van der Waals surface area (Å²) >= 11 is 1.72. The van der Waals surface area contributed by atoms with E-state index in [1.54, 1.807) is 54.4 Å². The lowest BCUT2D eigenvalue weighted by Crippen LogP contribution is -2.16. The van der Waals surface area contributed by atoms with Crippen molar-refractivity contribution >= 4 is 17.5 Å². The molecule has 168 valence electrons. The molecule has 0 spiro atoms. The van der Waals surface area contributed by atoms with E-state index in [4.69, 9.17) is 28.4 Å². The molecule has 1 heterocycles. The molecule has 1 aliphatic rings. The number of Topliss-reactive ketones (excluding diaryl/α,β-unsaturated/α-hetero) is 1. The van der Waals surface area contributed by atoms with Crippen molar-refractivity contribution in [1.29, 1.82) is 0 Å². The molecule has 0 aliphatic carbocycles. The zero-order chi connectivity index (χ0) is 22.5. The second-order valence-corrected chi connectivity index (χ2v) is 8.39. The summed E-state index contributed by atoms with van der Waals surface area (Å²) in [6.07, 6.45) is 0.870. The van der Waals surface area contributed by atoms with Gasteiger partial charge in [-0.05, 0) is 35.4 Å². The number of ether oxygens (including phenoxy) is 6. The van der Waals surface area contributed by atoms with Crippen molar-refractivity contribution < 1.29 is 33.2 Å². The van der Waals surface area contributed by atoms with Gasteiger partial charge in [0.1, 0.15) is 5.78 Å². The van der Waals surface area contributed by atoms with Crippen molar-refractivity contribution in [3.05, 3.63) is 35.4 Å². The maximum atomic E-state index is 12.7. The number of ketones is 1. The van der Waals surface area contributed by atoms with Crippen molar-refractivity contribution in [3.63, 3.8) is 0 Å². The standard InChI is InChI=1S/C23H28O7S/c1-25-16-7-13(8-17(26-2)22(16)29-5)20-11-15(24)12-21(31-20)14-9-18(27-3)23(30-6)19(10-14)28-4/h7-10,20-21H,11-12H2,1-6H3. The summed E-state index contributed by atoms with van der Waals surface area (Å²) in [5.74, 6) is 3.53. The molecule has 1 fully saturated rings. The van der Waals surface area contributed by atoms with Gasteiger partial charge in [-0.3, -0.25) is 4.79 Å². The maximum absolute atomic E-state index is 12.7. The van der Waals surface area contributed by atoms with Gasteiger partial charge in [0.25, 0.3) is 0 Å². The quantitative estimate of drug-likeness (QED) is 0.579. The predicted molar refractivity (Wildman–Crippen MR) is 120 cm³/mol. The van der Waals surface area contributed by atoms with Crippen LogP contribution in [-0.2, 0) is 4.79 Å². The molecule has 3 rings (SSSR count). The second kappa shape index (κ2) is 10.0. The number of benzene rings is 2. The third-order valence-corrected chi connectivity index (χ3v) is 6.81. The van der Waals surface area contributed by atoms with E-state index >= 15 is 0 Å². The van der Waals surface area contributed by atoms with Crippen LogP contribution in [0.25, 0.3) is 0 Å². The van der Waals surface area contributed by atoms with Crippen molar-refractivity contribution in [3.8, 4) is 34.5 Å². The topological polar surface area (TPSA) is 72.5 Å². The van der Waals surface area contributed by atoms with Crippen LogP contribution in [0.2, 0.25) is 0 Å². The largest absolute Gasteiger partial charge is 0.493 e. The average Bonchev–Trinajstić information content (AvgIpc) is 2.81. The van der Waals surface area contributed by atoms with Gasteiger partial charge < -0.3 is 28.4 Å². The molecule has 0 radical (unpaired) electrons. The molecular formula is C23H28O7S. The minimum Gasteiger partial charge on any atom is -0.493 e. The molecule has 1 saturated heterocycles. The average molecular weight is 449 g/mol. The van der Waals surface area contributed by atoms with Gasteiger partial charge in [0.2, 0.25) is 11.5 Å². The molecule has 0 saturated carbocycles. The Kier molecular flexibility index (Phi) is 7.43. The molecule has 8 heteroatoms. The van der Waals surface area contributed by atoms with Gasteiger partial charge >= 0.3 is 0 Å². The van der Waals surface area contributed by atoms with Crippen LogP contribution in [0.15, 0.2) is 24.3 Å². The van der Waals surface area contributed by atoms with Crippen LogP contribution >= 0.6 is 11.8 Å². The van der Waals surface area contributed by atoms with Crippen molar-refractivity contribution in [2.75, 3.05) is 42.7 Å². The van der Waals surface area contributed by atoms with Gasteiger partial charge in [0, 0.05) is 23.3 Å². The predicted octanol–water partition coefficient (Wildman–Crippen LogP) is 4.62. The third kappa shape index (κ3) is 4.63. The van der Waals surface area contributed by atoms with E-state index in [-0.39, 0.29) is 16.3 Å². The number of carbonyl (C=O) groups is 1. The summed E-state index contributed by atoms with van der Waals surface area (Å²) in [6.45, 7) is 0. The third-order valence-electron chi connectivity index (χ3n) is 5.27. The number of rotatable bonds is 8. The maximum Gasteiger partial charge on any atom is 0.203 e. The Labute approximate surface area is 186 Å². The van der Waals surface area contributed by atoms with Gasteiger partial charge in [0.05, 0.1) is 42.7 Å². The lowest BCUT2D eigenvalue weighted by Gasteiger charge is -2.30. The van der Waals surface area contributed by atoms with Gasteiger partial charge in [-0.15, -0.1) is 11.8 Å². The summed E-state index contributed by atoms with van der Waals surface area (Å²) < 4.78 is 32.8. The van der Waals surface area contributed by atoms with E-state index in [0.717, 1.165) is 11.1 Å². The first kappa shape index (κ1) is 22.9. The van der Waals surface area contributed by atoms with Crippen molar-refractivity contribution in [2.45, 2.75) is 23.3 Å². The van der Waals surface area contributed by atoms with Gasteiger partial charge in [-0.25, -0.2) is 0 Å². The number of methoxy groups -OCH3 is 6. The molecule has 2 atom stereocenters. The molecule has 2 aromatic rings. The molecule has 0 N–H and O–H groups in total. The summed E-state index contributed by atoms with van der Waals surface area (Å²) in [6, 6.07) is 7.63. The van der Waals surface area contributed by atoms with Gasteiger partial charge in [-0.2, -0.15) is 0 Å². The number of thioether (sulfide) groups is 1. The Morgan fingerprint density at radius 1 is 0.613 bits per heavy atom. The Morgan fingerprint density at radius 3 is 1.19 bits per heavy atom. The summed E-state index contributed by atoms with van der Waals surface area (Å²) in [5.41, 5.74) is 1.90. The van der Waals surface area contributed by atoms with E-state index in [0.29, 0.717) is 47.3 Å². The molecular weight excluding hydrogens is 420 g/mol. The Morgan fingerprint density at radius 2 is 0.935 bits per heavy atom. The molecule has 0 amide bonds. The van der Waals surface area contributed by atoms with E-state index in [1.165, 1.54) is 0 Å². The van der Waals surface area contributed by atoms with Crippen LogP contribution in [0.5, 0.6) is 34.5 Å². The highest BCUT2D eigenvalue weighted by molar-refractivity contribution is 7.99. The van der Waals surface area contributed by atoms with Crippen LogP contribution < -0.4 is 28.4 Å². The first-order chi connectivity index (χ1) is 15.0. The Hall–Kier alpha value is -2.74. The molecule has 0 aromatic heterocycles. The number of carbonyl (C=O) groups excluding carboxylic acids is 1. The fourth-order valence-corrected chi connectivity index (χ4v) is 5.31. The Bertz CT molecular complexity index is 820. The second-order valence-electron chi connectivity index (χ2n) is 6.98. The van der Waals surface area contributed by atoms with E-state index in [2.05, 4.69) is 0 Å². The fourth-order valence-electron chi connectivity index (χ4n) is 3.76. The molecule has 7 nitrogen and oxygen atoms in total. The monoisotopic (exact) mass is 448 g/mol. The number of hydrogen-bond donors (Lipinski definition) is 0. The van der Waals surface area contributed by atoms with E-state index < -0.39 is 0 Å². The van der Waals surface area contributed by atoms with E-state index in [1.807, 2.05) is 24.3 Å². The molecule has 2 unspecified atom stereocenters. The molecule has 31 heavy (non-hydrogen) atoms. The SMILES string of the molecule is COc1cc(C2CC(=O)CC(c3cc(OC)c(OC)c(OC)c3)S2)cc(OC)c1OC. The number of hydrogen-bond acceptors (Lipinski definition) is 8. The van der Waals surface area contributed by atoms with Crippen molar-refractivity contribution in [2.24, 2.45) is 0 Å². The zero-order valence-electron chi connectivity index (χ0n) is 18.6. The molecule has 1 aliphatic heterocycles. The highest BCUT2D eigenvalue weighted by Gasteiger charge is 2.32. The summed E-state index contributed by atoms with van der Waals surface area (Å²) in [4.78, 5) is 12.7. The van der Waals surface area contributed by atoms with Crippen LogP contribution in [0.4, 0.5) is 0 Å². The first-order valence-corrected chi connectivity index (χ1v) is 10.7. The summed E-state index contributed by atoms with van der Waals surface area (Å²) in [5, 5.41) is -0.113. The van der Waals surface area contributed by atoms with Crippen molar-refractivity contribution in [1.82, 2.24) is 0 Å². The van der Waals surface area contributed by atoms with Gasteiger partial charge in [-0.1, -0.05) is 0 Å².